The van der Waals surface area contributed by atoms with Gasteiger partial charge in [0.05, 0.1) is 19.1 Å². The van der Waals surface area contributed by atoms with E-state index in [9.17, 15) is 9.18 Å². The number of hydrogen-bond acceptors (Lipinski definition) is 3. The standard InChI is InChI=1S/C14H19FN2O2.ClH/c1-10-2-3-11(6-13(10)15)8-17-14(18)7-12-9-16-4-5-19-12;/h2-3,6,12,16H,4-5,7-9H2,1H3,(H,17,18);1H. The maximum atomic E-state index is 13.3. The molecule has 1 aromatic rings. The molecular weight excluding hydrogens is 283 g/mol. The van der Waals surface area contributed by atoms with Gasteiger partial charge >= 0.3 is 0 Å². The van der Waals surface area contributed by atoms with E-state index >= 15 is 0 Å². The minimum absolute atomic E-state index is 0. The average Bonchev–Trinajstić information content (AvgIpc) is 2.41. The minimum Gasteiger partial charge on any atom is -0.375 e. The van der Waals surface area contributed by atoms with Gasteiger partial charge in [-0.15, -0.1) is 12.4 Å². The predicted octanol–water partition coefficient (Wildman–Crippen LogP) is 1.55. The van der Waals surface area contributed by atoms with Crippen molar-refractivity contribution >= 4 is 18.3 Å². The van der Waals surface area contributed by atoms with Gasteiger partial charge in [-0.3, -0.25) is 4.79 Å². The number of amides is 1. The molecule has 0 spiro atoms. The minimum atomic E-state index is -0.244. The molecule has 1 fully saturated rings. The van der Waals surface area contributed by atoms with Crippen LogP contribution in [0, 0.1) is 12.7 Å². The molecular formula is C14H20ClFN2O2. The molecule has 112 valence electrons. The monoisotopic (exact) mass is 302 g/mol. The van der Waals surface area contributed by atoms with Crippen LogP contribution < -0.4 is 10.6 Å². The van der Waals surface area contributed by atoms with Crippen LogP contribution in [0.3, 0.4) is 0 Å². The summed E-state index contributed by atoms with van der Waals surface area (Å²) < 4.78 is 18.8. The van der Waals surface area contributed by atoms with E-state index < -0.39 is 0 Å². The molecule has 0 aromatic heterocycles. The van der Waals surface area contributed by atoms with Crippen LogP contribution in [-0.2, 0) is 16.1 Å². The fraction of sp³-hybridized carbons (Fsp3) is 0.500. The smallest absolute Gasteiger partial charge is 0.222 e. The Morgan fingerprint density at radius 3 is 3.00 bits per heavy atom. The van der Waals surface area contributed by atoms with E-state index in [4.69, 9.17) is 4.74 Å². The Labute approximate surface area is 124 Å². The number of halogens is 2. The summed E-state index contributed by atoms with van der Waals surface area (Å²) in [5.41, 5.74) is 1.37. The Morgan fingerprint density at radius 2 is 2.35 bits per heavy atom. The predicted molar refractivity (Wildman–Crippen MR) is 77.5 cm³/mol. The molecule has 0 radical (unpaired) electrons. The van der Waals surface area contributed by atoms with Gasteiger partial charge in [0.25, 0.3) is 0 Å². The quantitative estimate of drug-likeness (QED) is 0.887. The van der Waals surface area contributed by atoms with E-state index in [1.165, 1.54) is 6.07 Å². The normalized spacial score (nSPS) is 18.2. The van der Waals surface area contributed by atoms with Crippen LogP contribution in [-0.4, -0.2) is 31.7 Å². The van der Waals surface area contributed by atoms with Gasteiger partial charge in [-0.1, -0.05) is 12.1 Å². The third-order valence-electron chi connectivity index (χ3n) is 3.14. The number of rotatable bonds is 4. The van der Waals surface area contributed by atoms with Crippen molar-refractivity contribution in [3.63, 3.8) is 0 Å². The third-order valence-corrected chi connectivity index (χ3v) is 3.14. The molecule has 20 heavy (non-hydrogen) atoms. The largest absolute Gasteiger partial charge is 0.375 e. The van der Waals surface area contributed by atoms with Gasteiger partial charge in [0, 0.05) is 19.6 Å². The topological polar surface area (TPSA) is 50.4 Å². The summed E-state index contributed by atoms with van der Waals surface area (Å²) in [5.74, 6) is -0.318. The molecule has 1 heterocycles. The second kappa shape index (κ2) is 8.19. The summed E-state index contributed by atoms with van der Waals surface area (Å²) in [4.78, 5) is 11.7. The zero-order chi connectivity index (χ0) is 13.7. The summed E-state index contributed by atoms with van der Waals surface area (Å²) >= 11 is 0. The summed E-state index contributed by atoms with van der Waals surface area (Å²) in [5, 5.41) is 5.95. The SMILES string of the molecule is Cc1ccc(CNC(=O)CC2CNCCO2)cc1F.Cl. The molecule has 1 unspecified atom stereocenters. The van der Waals surface area contributed by atoms with Crippen LogP contribution in [0.25, 0.3) is 0 Å². The van der Waals surface area contributed by atoms with Gasteiger partial charge in [0.2, 0.25) is 5.91 Å². The summed E-state index contributed by atoms with van der Waals surface area (Å²) in [7, 11) is 0. The van der Waals surface area contributed by atoms with Crippen molar-refractivity contribution in [1.29, 1.82) is 0 Å². The van der Waals surface area contributed by atoms with Crippen molar-refractivity contribution in [3.8, 4) is 0 Å². The lowest BCUT2D eigenvalue weighted by molar-refractivity contribution is -0.124. The highest BCUT2D eigenvalue weighted by molar-refractivity contribution is 5.85. The molecule has 1 amide bonds. The molecule has 0 saturated carbocycles. The number of benzene rings is 1. The van der Waals surface area contributed by atoms with Crippen LogP contribution in [0.15, 0.2) is 18.2 Å². The summed E-state index contributed by atoms with van der Waals surface area (Å²) in [6.07, 6.45) is 0.268. The van der Waals surface area contributed by atoms with Crippen molar-refractivity contribution in [2.75, 3.05) is 19.7 Å². The Kier molecular flexibility index (Phi) is 6.91. The fourth-order valence-corrected chi connectivity index (χ4v) is 1.98. The number of hydrogen-bond donors (Lipinski definition) is 2. The second-order valence-electron chi connectivity index (χ2n) is 4.76. The van der Waals surface area contributed by atoms with E-state index in [0.29, 0.717) is 31.7 Å². The van der Waals surface area contributed by atoms with Crippen molar-refractivity contribution in [2.45, 2.75) is 26.0 Å². The average molecular weight is 303 g/mol. The highest BCUT2D eigenvalue weighted by atomic mass is 35.5. The fourth-order valence-electron chi connectivity index (χ4n) is 1.98. The van der Waals surface area contributed by atoms with Gasteiger partial charge in [-0.05, 0) is 24.1 Å². The van der Waals surface area contributed by atoms with Crippen LogP contribution in [0.4, 0.5) is 4.39 Å². The van der Waals surface area contributed by atoms with Gasteiger partial charge in [-0.25, -0.2) is 4.39 Å². The molecule has 1 aliphatic heterocycles. The molecule has 4 nitrogen and oxygen atoms in total. The van der Waals surface area contributed by atoms with Gasteiger partial charge in [0.15, 0.2) is 0 Å². The number of morpholine rings is 1. The number of nitrogens with one attached hydrogen (secondary N) is 2. The van der Waals surface area contributed by atoms with E-state index in [-0.39, 0.29) is 30.2 Å². The van der Waals surface area contributed by atoms with Crippen molar-refractivity contribution in [3.05, 3.63) is 35.1 Å². The second-order valence-corrected chi connectivity index (χ2v) is 4.76. The third kappa shape index (κ3) is 5.07. The van der Waals surface area contributed by atoms with E-state index in [1.807, 2.05) is 6.07 Å². The number of carbonyl (C=O) groups excluding carboxylic acids is 1. The van der Waals surface area contributed by atoms with Crippen LogP contribution in [0.1, 0.15) is 17.5 Å². The first-order valence-corrected chi connectivity index (χ1v) is 6.49. The van der Waals surface area contributed by atoms with Crippen LogP contribution in [0.5, 0.6) is 0 Å². The highest BCUT2D eigenvalue weighted by Gasteiger charge is 2.16. The van der Waals surface area contributed by atoms with Gasteiger partial charge < -0.3 is 15.4 Å². The Balaban J connectivity index is 0.00000200. The van der Waals surface area contributed by atoms with Gasteiger partial charge in [0.1, 0.15) is 5.82 Å². The zero-order valence-corrected chi connectivity index (χ0v) is 12.3. The molecule has 6 heteroatoms. The molecule has 1 atom stereocenters. The van der Waals surface area contributed by atoms with Crippen molar-refractivity contribution in [2.24, 2.45) is 0 Å². The Hall–Kier alpha value is -1.17. The first-order valence-electron chi connectivity index (χ1n) is 6.49. The first-order chi connectivity index (χ1) is 9.15. The lowest BCUT2D eigenvalue weighted by Gasteiger charge is -2.23. The molecule has 0 aliphatic carbocycles. The van der Waals surface area contributed by atoms with Crippen molar-refractivity contribution in [1.82, 2.24) is 10.6 Å². The number of ether oxygens (including phenoxy) is 1. The Morgan fingerprint density at radius 1 is 1.55 bits per heavy atom. The molecule has 1 aliphatic rings. The first kappa shape index (κ1) is 16.9. The highest BCUT2D eigenvalue weighted by Crippen LogP contribution is 2.09. The molecule has 1 saturated heterocycles. The van der Waals surface area contributed by atoms with Crippen molar-refractivity contribution < 1.29 is 13.9 Å². The number of aryl methyl sites for hydroxylation is 1. The molecule has 2 N–H and O–H groups in total. The van der Waals surface area contributed by atoms with Gasteiger partial charge in [-0.2, -0.15) is 0 Å². The molecule has 2 rings (SSSR count). The lowest BCUT2D eigenvalue weighted by Crippen LogP contribution is -2.41. The summed E-state index contributed by atoms with van der Waals surface area (Å²) in [6.45, 7) is 4.23. The van der Waals surface area contributed by atoms with Crippen LogP contribution >= 0.6 is 12.4 Å². The lowest BCUT2D eigenvalue weighted by atomic mass is 10.1. The molecule has 0 bridgehead atoms. The van der Waals surface area contributed by atoms with E-state index in [1.54, 1.807) is 13.0 Å². The van der Waals surface area contributed by atoms with E-state index in [0.717, 1.165) is 12.1 Å². The van der Waals surface area contributed by atoms with E-state index in [2.05, 4.69) is 10.6 Å². The maximum Gasteiger partial charge on any atom is 0.222 e. The Bertz CT molecular complexity index is 451. The van der Waals surface area contributed by atoms with Crippen LogP contribution in [0.2, 0.25) is 0 Å². The number of carbonyl (C=O) groups is 1. The summed E-state index contributed by atoms with van der Waals surface area (Å²) in [6, 6.07) is 4.98. The zero-order valence-electron chi connectivity index (χ0n) is 11.4. The molecule has 1 aromatic carbocycles. The maximum absolute atomic E-state index is 13.3.